The summed E-state index contributed by atoms with van der Waals surface area (Å²) < 4.78 is 0. The van der Waals surface area contributed by atoms with E-state index < -0.39 is 0 Å². The van der Waals surface area contributed by atoms with Crippen molar-refractivity contribution in [1.82, 2.24) is 0 Å². The van der Waals surface area contributed by atoms with Gasteiger partial charge in [-0.2, -0.15) is 11.3 Å². The number of nitrogens with two attached hydrogens (primary N) is 1. The fraction of sp³-hybridized carbons (Fsp3) is 0.600. The highest BCUT2D eigenvalue weighted by molar-refractivity contribution is 7.08. The predicted molar refractivity (Wildman–Crippen MR) is 55.5 cm³/mol. The van der Waals surface area contributed by atoms with Crippen LogP contribution in [0.3, 0.4) is 0 Å². The molecule has 0 aliphatic carbocycles. The Balaban J connectivity index is 2.52. The highest BCUT2D eigenvalue weighted by Crippen LogP contribution is 2.23. The molecule has 68 valence electrons. The second-order valence-electron chi connectivity index (χ2n) is 3.26. The first kappa shape index (κ1) is 9.75. The molecule has 1 heterocycles. The van der Waals surface area contributed by atoms with Crippen molar-refractivity contribution in [2.75, 3.05) is 0 Å². The van der Waals surface area contributed by atoms with Crippen molar-refractivity contribution in [2.45, 2.75) is 39.2 Å². The van der Waals surface area contributed by atoms with E-state index in [0.29, 0.717) is 0 Å². The van der Waals surface area contributed by atoms with E-state index >= 15 is 0 Å². The van der Waals surface area contributed by atoms with E-state index in [-0.39, 0.29) is 6.04 Å². The standard InChI is InChI=1S/C10H17NS/c1-3-4-5-10(11)9-7-12-6-8(9)2/h6-7,10H,3-5,11H2,1-2H3. The smallest absolute Gasteiger partial charge is 0.0305 e. The van der Waals surface area contributed by atoms with Gasteiger partial charge in [0.05, 0.1) is 0 Å². The lowest BCUT2D eigenvalue weighted by Crippen LogP contribution is -2.09. The monoisotopic (exact) mass is 183 g/mol. The molecule has 0 bridgehead atoms. The predicted octanol–water partition coefficient (Wildman–Crippen LogP) is 3.25. The molecule has 1 unspecified atom stereocenters. The normalized spacial score (nSPS) is 13.2. The number of thiophene rings is 1. The molecule has 0 aromatic carbocycles. The lowest BCUT2D eigenvalue weighted by molar-refractivity contribution is 0.603. The van der Waals surface area contributed by atoms with Crippen molar-refractivity contribution in [3.63, 3.8) is 0 Å². The van der Waals surface area contributed by atoms with Gasteiger partial charge in [-0.15, -0.1) is 0 Å². The number of aryl methyl sites for hydroxylation is 1. The average molecular weight is 183 g/mol. The van der Waals surface area contributed by atoms with E-state index in [0.717, 1.165) is 6.42 Å². The topological polar surface area (TPSA) is 26.0 Å². The SMILES string of the molecule is CCCCC(N)c1cscc1C. The Morgan fingerprint density at radius 3 is 2.75 bits per heavy atom. The summed E-state index contributed by atoms with van der Waals surface area (Å²) in [6, 6.07) is 0.260. The van der Waals surface area contributed by atoms with Gasteiger partial charge >= 0.3 is 0 Å². The van der Waals surface area contributed by atoms with Gasteiger partial charge in [-0.3, -0.25) is 0 Å². The molecule has 1 aromatic rings. The lowest BCUT2D eigenvalue weighted by atomic mass is 10.0. The molecular formula is C10H17NS. The quantitative estimate of drug-likeness (QED) is 0.762. The Bertz CT molecular complexity index is 229. The van der Waals surface area contributed by atoms with Gasteiger partial charge in [-0.05, 0) is 35.2 Å². The summed E-state index contributed by atoms with van der Waals surface area (Å²) in [4.78, 5) is 0. The van der Waals surface area contributed by atoms with Gasteiger partial charge in [0.15, 0.2) is 0 Å². The Morgan fingerprint density at radius 1 is 1.50 bits per heavy atom. The van der Waals surface area contributed by atoms with Crippen molar-refractivity contribution in [2.24, 2.45) is 5.73 Å². The molecule has 0 radical (unpaired) electrons. The summed E-state index contributed by atoms with van der Waals surface area (Å²) in [5.74, 6) is 0. The van der Waals surface area contributed by atoms with Gasteiger partial charge < -0.3 is 5.73 Å². The molecule has 1 nitrogen and oxygen atoms in total. The molecule has 0 saturated heterocycles. The number of unbranched alkanes of at least 4 members (excludes halogenated alkanes) is 1. The molecule has 0 saturated carbocycles. The molecule has 0 amide bonds. The summed E-state index contributed by atoms with van der Waals surface area (Å²) in [6.07, 6.45) is 3.58. The third kappa shape index (κ3) is 2.32. The van der Waals surface area contributed by atoms with Crippen molar-refractivity contribution in [1.29, 1.82) is 0 Å². The van der Waals surface area contributed by atoms with Crippen LogP contribution in [0.2, 0.25) is 0 Å². The largest absolute Gasteiger partial charge is 0.324 e. The molecule has 1 aromatic heterocycles. The highest BCUT2D eigenvalue weighted by atomic mass is 32.1. The molecule has 1 atom stereocenters. The third-order valence-electron chi connectivity index (χ3n) is 2.16. The zero-order valence-corrected chi connectivity index (χ0v) is 8.66. The van der Waals surface area contributed by atoms with E-state index in [1.807, 2.05) is 0 Å². The van der Waals surface area contributed by atoms with E-state index in [2.05, 4.69) is 24.6 Å². The van der Waals surface area contributed by atoms with Crippen LogP contribution in [0.15, 0.2) is 10.8 Å². The van der Waals surface area contributed by atoms with Gasteiger partial charge in [0, 0.05) is 6.04 Å². The maximum Gasteiger partial charge on any atom is 0.0305 e. The maximum atomic E-state index is 6.03. The highest BCUT2D eigenvalue weighted by Gasteiger charge is 2.08. The minimum Gasteiger partial charge on any atom is -0.324 e. The number of hydrogen-bond acceptors (Lipinski definition) is 2. The van der Waals surface area contributed by atoms with Crippen LogP contribution in [0.25, 0.3) is 0 Å². The second kappa shape index (κ2) is 4.63. The fourth-order valence-corrected chi connectivity index (χ4v) is 2.25. The molecule has 0 fully saturated rings. The Morgan fingerprint density at radius 2 is 2.25 bits per heavy atom. The molecule has 0 spiro atoms. The van der Waals surface area contributed by atoms with Gasteiger partial charge in [-0.25, -0.2) is 0 Å². The fourth-order valence-electron chi connectivity index (χ4n) is 1.33. The molecule has 2 heteroatoms. The Kier molecular flexibility index (Phi) is 3.76. The molecule has 12 heavy (non-hydrogen) atoms. The first-order valence-corrected chi connectivity index (χ1v) is 5.48. The first-order valence-electron chi connectivity index (χ1n) is 4.54. The maximum absolute atomic E-state index is 6.03. The minimum absolute atomic E-state index is 0.260. The summed E-state index contributed by atoms with van der Waals surface area (Å²) in [7, 11) is 0. The van der Waals surface area contributed by atoms with Crippen LogP contribution in [0.4, 0.5) is 0 Å². The zero-order valence-electron chi connectivity index (χ0n) is 7.84. The zero-order chi connectivity index (χ0) is 8.97. The van der Waals surface area contributed by atoms with Gasteiger partial charge in [0.2, 0.25) is 0 Å². The molecule has 0 aliphatic heterocycles. The summed E-state index contributed by atoms with van der Waals surface area (Å²) >= 11 is 1.75. The van der Waals surface area contributed by atoms with E-state index in [1.165, 1.54) is 24.0 Å². The van der Waals surface area contributed by atoms with Gasteiger partial charge in [-0.1, -0.05) is 19.8 Å². The van der Waals surface area contributed by atoms with Crippen molar-refractivity contribution in [3.8, 4) is 0 Å². The van der Waals surface area contributed by atoms with Crippen molar-refractivity contribution in [3.05, 3.63) is 21.9 Å². The van der Waals surface area contributed by atoms with E-state index in [9.17, 15) is 0 Å². The van der Waals surface area contributed by atoms with Crippen LogP contribution in [-0.4, -0.2) is 0 Å². The van der Waals surface area contributed by atoms with Crippen LogP contribution in [0, 0.1) is 6.92 Å². The third-order valence-corrected chi connectivity index (χ3v) is 3.04. The van der Waals surface area contributed by atoms with Crippen LogP contribution in [-0.2, 0) is 0 Å². The molecule has 0 aliphatic rings. The van der Waals surface area contributed by atoms with E-state index in [1.54, 1.807) is 11.3 Å². The molecule has 2 N–H and O–H groups in total. The van der Waals surface area contributed by atoms with Gasteiger partial charge in [0.25, 0.3) is 0 Å². The molecule has 1 rings (SSSR count). The Labute approximate surface area is 78.6 Å². The lowest BCUT2D eigenvalue weighted by Gasteiger charge is -2.10. The molecular weight excluding hydrogens is 166 g/mol. The van der Waals surface area contributed by atoms with Crippen LogP contribution in [0.5, 0.6) is 0 Å². The van der Waals surface area contributed by atoms with Crippen molar-refractivity contribution >= 4 is 11.3 Å². The first-order chi connectivity index (χ1) is 5.75. The average Bonchev–Trinajstić information content (AvgIpc) is 2.47. The van der Waals surface area contributed by atoms with Gasteiger partial charge in [0.1, 0.15) is 0 Å². The number of hydrogen-bond donors (Lipinski definition) is 1. The van der Waals surface area contributed by atoms with Crippen molar-refractivity contribution < 1.29 is 0 Å². The summed E-state index contributed by atoms with van der Waals surface area (Å²) in [6.45, 7) is 4.34. The Hall–Kier alpha value is -0.340. The number of rotatable bonds is 4. The van der Waals surface area contributed by atoms with Crippen LogP contribution < -0.4 is 5.73 Å². The van der Waals surface area contributed by atoms with Crippen LogP contribution in [0.1, 0.15) is 43.4 Å². The van der Waals surface area contributed by atoms with E-state index in [4.69, 9.17) is 5.73 Å². The second-order valence-corrected chi connectivity index (χ2v) is 4.00. The van der Waals surface area contributed by atoms with Crippen LogP contribution >= 0.6 is 11.3 Å². The minimum atomic E-state index is 0.260. The summed E-state index contributed by atoms with van der Waals surface area (Å²) in [5, 5.41) is 4.34. The summed E-state index contributed by atoms with van der Waals surface area (Å²) in [5.41, 5.74) is 8.72.